The first-order valence-electron chi connectivity index (χ1n) is 7.16. The van der Waals surface area contributed by atoms with Gasteiger partial charge in [-0.25, -0.2) is 0 Å². The Morgan fingerprint density at radius 1 is 1.09 bits per heavy atom. The predicted molar refractivity (Wildman–Crippen MR) is 75.6 cm³/mol. The van der Waals surface area contributed by atoms with Crippen molar-refractivity contribution in [2.24, 2.45) is 11.8 Å². The summed E-state index contributed by atoms with van der Waals surface area (Å²) in [6, 6.07) is 6.23. The van der Waals surface area contributed by atoms with Crippen molar-refractivity contribution in [3.05, 3.63) is 34.9 Å². The average Bonchev–Trinajstić information content (AvgIpc) is 3.17. The van der Waals surface area contributed by atoms with Crippen LogP contribution in [0.2, 0.25) is 5.02 Å². The Labute approximate surface area is 131 Å². The number of ether oxygens (including phenoxy) is 1. The van der Waals surface area contributed by atoms with E-state index in [4.69, 9.17) is 16.3 Å². The highest BCUT2D eigenvalue weighted by Crippen LogP contribution is 2.48. The molecule has 114 valence electrons. The number of fused-ring (bicyclic) bond motifs is 5. The van der Waals surface area contributed by atoms with Gasteiger partial charge in [-0.3, -0.25) is 19.8 Å². The molecule has 0 aromatic heterocycles. The van der Waals surface area contributed by atoms with Gasteiger partial charge in [0.25, 0.3) is 17.7 Å². The second-order valence-corrected chi connectivity index (χ2v) is 6.24. The van der Waals surface area contributed by atoms with Gasteiger partial charge in [0, 0.05) is 10.6 Å². The molecule has 0 saturated carbocycles. The van der Waals surface area contributed by atoms with Gasteiger partial charge in [0.2, 0.25) is 0 Å². The van der Waals surface area contributed by atoms with Crippen molar-refractivity contribution in [2.45, 2.75) is 25.0 Å². The van der Waals surface area contributed by atoms with Crippen molar-refractivity contribution in [3.8, 4) is 0 Å². The number of benzene rings is 1. The first-order chi connectivity index (χ1) is 10.6. The summed E-state index contributed by atoms with van der Waals surface area (Å²) in [4.78, 5) is 37.0. The fraction of sp³-hybridized carbons (Fsp3) is 0.400. The van der Waals surface area contributed by atoms with E-state index >= 15 is 0 Å². The van der Waals surface area contributed by atoms with Gasteiger partial charge in [0.1, 0.15) is 0 Å². The molecule has 0 unspecified atom stereocenters. The van der Waals surface area contributed by atoms with E-state index in [0.717, 1.165) is 17.9 Å². The van der Waals surface area contributed by atoms with Crippen LogP contribution in [0.4, 0.5) is 0 Å². The monoisotopic (exact) mass is 320 g/mol. The normalized spacial score (nSPS) is 32.5. The van der Waals surface area contributed by atoms with E-state index in [1.165, 1.54) is 12.1 Å². The number of halogens is 1. The molecule has 3 saturated heterocycles. The second-order valence-electron chi connectivity index (χ2n) is 5.80. The number of nitrogens with one attached hydrogen (secondary N) is 1. The molecule has 0 spiro atoms. The molecule has 3 heterocycles. The van der Waals surface area contributed by atoms with Gasteiger partial charge >= 0.3 is 0 Å². The number of carbonyl (C=O) groups excluding carboxylic acids is 3. The van der Waals surface area contributed by atoms with Crippen LogP contribution < -0.4 is 5.43 Å². The van der Waals surface area contributed by atoms with Crippen molar-refractivity contribution in [3.63, 3.8) is 0 Å². The largest absolute Gasteiger partial charge is 0.373 e. The Kier molecular flexibility index (Phi) is 2.99. The zero-order chi connectivity index (χ0) is 15.4. The summed E-state index contributed by atoms with van der Waals surface area (Å²) in [7, 11) is 0. The zero-order valence-corrected chi connectivity index (χ0v) is 12.2. The molecule has 3 aliphatic heterocycles. The minimum Gasteiger partial charge on any atom is -0.373 e. The molecule has 1 aromatic rings. The van der Waals surface area contributed by atoms with Gasteiger partial charge in [-0.05, 0) is 37.1 Å². The lowest BCUT2D eigenvalue weighted by Crippen LogP contribution is -2.47. The molecule has 22 heavy (non-hydrogen) atoms. The molecule has 2 bridgehead atoms. The fourth-order valence-corrected chi connectivity index (χ4v) is 3.72. The summed E-state index contributed by atoms with van der Waals surface area (Å²) in [5.74, 6) is -2.14. The van der Waals surface area contributed by atoms with Crippen LogP contribution in [0.3, 0.4) is 0 Å². The van der Waals surface area contributed by atoms with Crippen LogP contribution in [0.15, 0.2) is 24.3 Å². The average molecular weight is 321 g/mol. The Bertz CT molecular complexity index is 647. The SMILES string of the molecule is O=C(NN1C(=O)[C@H]2[C@H](C1=O)[C@H]1CC[C@H]2O1)c1ccc(Cl)cc1. The van der Waals surface area contributed by atoms with E-state index in [1.54, 1.807) is 12.1 Å². The van der Waals surface area contributed by atoms with E-state index in [9.17, 15) is 14.4 Å². The maximum absolute atomic E-state index is 12.4. The summed E-state index contributed by atoms with van der Waals surface area (Å²) >= 11 is 5.77. The van der Waals surface area contributed by atoms with Crippen LogP contribution in [-0.2, 0) is 14.3 Å². The smallest absolute Gasteiger partial charge is 0.270 e. The fourth-order valence-electron chi connectivity index (χ4n) is 3.59. The number of carbonyl (C=O) groups is 3. The van der Waals surface area contributed by atoms with E-state index in [-0.39, 0.29) is 24.0 Å². The number of hydrazine groups is 1. The molecule has 1 aromatic carbocycles. The van der Waals surface area contributed by atoms with Crippen LogP contribution in [0.1, 0.15) is 23.2 Å². The number of hydrogen-bond acceptors (Lipinski definition) is 4. The van der Waals surface area contributed by atoms with Crippen LogP contribution in [0, 0.1) is 11.8 Å². The third kappa shape index (κ3) is 1.87. The van der Waals surface area contributed by atoms with Crippen LogP contribution in [-0.4, -0.2) is 34.9 Å². The number of hydrogen-bond donors (Lipinski definition) is 1. The van der Waals surface area contributed by atoms with E-state index < -0.39 is 17.7 Å². The highest BCUT2D eigenvalue weighted by atomic mass is 35.5. The molecular formula is C15H13ClN2O4. The Balaban J connectivity index is 1.54. The molecule has 7 heteroatoms. The van der Waals surface area contributed by atoms with Crippen molar-refractivity contribution < 1.29 is 19.1 Å². The van der Waals surface area contributed by atoms with Crippen molar-refractivity contribution in [1.29, 1.82) is 0 Å². The maximum atomic E-state index is 12.4. The number of rotatable bonds is 2. The summed E-state index contributed by atoms with van der Waals surface area (Å²) < 4.78 is 5.64. The molecule has 0 aliphatic carbocycles. The summed E-state index contributed by atoms with van der Waals surface area (Å²) in [6.45, 7) is 0. The van der Waals surface area contributed by atoms with Crippen molar-refractivity contribution in [2.75, 3.05) is 0 Å². The highest BCUT2D eigenvalue weighted by Gasteiger charge is 2.62. The van der Waals surface area contributed by atoms with Gasteiger partial charge in [-0.15, -0.1) is 0 Å². The quantitative estimate of drug-likeness (QED) is 0.829. The van der Waals surface area contributed by atoms with Crippen LogP contribution in [0.5, 0.6) is 0 Å². The van der Waals surface area contributed by atoms with Gasteiger partial charge < -0.3 is 4.74 Å². The molecule has 6 nitrogen and oxygen atoms in total. The van der Waals surface area contributed by atoms with Gasteiger partial charge in [-0.2, -0.15) is 5.01 Å². The van der Waals surface area contributed by atoms with Crippen LogP contribution in [0.25, 0.3) is 0 Å². The molecular weight excluding hydrogens is 308 g/mol. The molecule has 3 amide bonds. The summed E-state index contributed by atoms with van der Waals surface area (Å²) in [5.41, 5.74) is 2.74. The Morgan fingerprint density at radius 3 is 2.18 bits per heavy atom. The molecule has 4 rings (SSSR count). The zero-order valence-electron chi connectivity index (χ0n) is 11.5. The lowest BCUT2D eigenvalue weighted by Gasteiger charge is -2.18. The number of amides is 3. The van der Waals surface area contributed by atoms with Crippen molar-refractivity contribution in [1.82, 2.24) is 10.4 Å². The standard InChI is InChI=1S/C15H13ClN2O4/c16-8-3-1-7(2-4-8)13(19)17-18-14(20)11-9-5-6-10(22-9)12(11)15(18)21/h1-4,9-12H,5-6H2,(H,17,19)/t9-,10-,11-,12-/m1/s1. The van der Waals surface area contributed by atoms with E-state index in [1.807, 2.05) is 0 Å². The lowest BCUT2D eigenvalue weighted by molar-refractivity contribution is -0.145. The molecule has 4 atom stereocenters. The molecule has 1 N–H and O–H groups in total. The van der Waals surface area contributed by atoms with E-state index in [2.05, 4.69) is 5.43 Å². The van der Waals surface area contributed by atoms with Crippen molar-refractivity contribution >= 4 is 29.3 Å². The summed E-state index contributed by atoms with van der Waals surface area (Å²) in [5, 5.41) is 1.37. The van der Waals surface area contributed by atoms with E-state index in [0.29, 0.717) is 10.6 Å². The van der Waals surface area contributed by atoms with Gasteiger partial charge in [0.05, 0.1) is 24.0 Å². The molecule has 3 aliphatic rings. The minimum atomic E-state index is -0.508. The highest BCUT2D eigenvalue weighted by molar-refractivity contribution is 6.30. The minimum absolute atomic E-state index is 0.191. The van der Waals surface area contributed by atoms with Crippen LogP contribution >= 0.6 is 11.6 Å². The maximum Gasteiger partial charge on any atom is 0.270 e. The third-order valence-electron chi connectivity index (χ3n) is 4.60. The second kappa shape index (κ2) is 4.79. The third-order valence-corrected chi connectivity index (χ3v) is 4.86. The molecule has 3 fully saturated rings. The summed E-state index contributed by atoms with van der Waals surface area (Å²) in [6.07, 6.45) is 1.21. The molecule has 0 radical (unpaired) electrons. The van der Waals surface area contributed by atoms with Gasteiger partial charge in [-0.1, -0.05) is 11.6 Å². The number of imide groups is 1. The number of nitrogens with zero attached hydrogens (tertiary/aromatic N) is 1. The first kappa shape index (κ1) is 13.7. The predicted octanol–water partition coefficient (Wildman–Crippen LogP) is 1.15. The Hall–Kier alpha value is -1.92. The van der Waals surface area contributed by atoms with Gasteiger partial charge in [0.15, 0.2) is 0 Å². The Morgan fingerprint density at radius 2 is 1.64 bits per heavy atom. The first-order valence-corrected chi connectivity index (χ1v) is 7.54. The lowest BCUT2D eigenvalue weighted by atomic mass is 9.81. The topological polar surface area (TPSA) is 75.7 Å².